The first-order valence-electron chi connectivity index (χ1n) is 5.89. The van der Waals surface area contributed by atoms with E-state index in [2.05, 4.69) is 18.6 Å². The van der Waals surface area contributed by atoms with Crippen molar-refractivity contribution >= 4 is 10.2 Å². The second-order valence-corrected chi connectivity index (χ2v) is 7.79. The van der Waals surface area contributed by atoms with E-state index >= 15 is 0 Å². The van der Waals surface area contributed by atoms with Crippen LogP contribution in [-0.4, -0.2) is 31.4 Å². The van der Waals surface area contributed by atoms with Gasteiger partial charge in [-0.3, -0.25) is 0 Å². The van der Waals surface area contributed by atoms with Gasteiger partial charge in [0.25, 0.3) is 10.2 Å². The van der Waals surface area contributed by atoms with Crippen LogP contribution in [-0.2, 0) is 10.2 Å². The SMILES string of the molecule is CC1CC(C)CN(S(=O)(=O)NC(C)(C)C)C1. The highest BCUT2D eigenvalue weighted by molar-refractivity contribution is 7.87. The highest BCUT2D eigenvalue weighted by Crippen LogP contribution is 2.23. The van der Waals surface area contributed by atoms with Crippen LogP contribution in [0.15, 0.2) is 0 Å². The van der Waals surface area contributed by atoms with Gasteiger partial charge in [-0.2, -0.15) is 17.4 Å². The summed E-state index contributed by atoms with van der Waals surface area (Å²) in [5.74, 6) is 0.889. The van der Waals surface area contributed by atoms with E-state index in [-0.39, 0.29) is 0 Å². The van der Waals surface area contributed by atoms with Gasteiger partial charge in [-0.15, -0.1) is 0 Å². The molecule has 0 aromatic heterocycles. The van der Waals surface area contributed by atoms with E-state index in [9.17, 15) is 8.42 Å². The summed E-state index contributed by atoms with van der Waals surface area (Å²) in [5, 5.41) is 0. The first-order chi connectivity index (χ1) is 7.10. The quantitative estimate of drug-likeness (QED) is 0.807. The Bertz CT molecular complexity index is 322. The fourth-order valence-corrected chi connectivity index (χ4v) is 4.06. The molecule has 1 heterocycles. The predicted octanol–water partition coefficient (Wildman–Crippen LogP) is 1.60. The second-order valence-electron chi connectivity index (χ2n) is 6.12. The van der Waals surface area contributed by atoms with Crippen LogP contribution < -0.4 is 4.72 Å². The smallest absolute Gasteiger partial charge is 0.197 e. The normalized spacial score (nSPS) is 29.3. The molecule has 4 nitrogen and oxygen atoms in total. The van der Waals surface area contributed by atoms with Crippen molar-refractivity contribution in [1.29, 1.82) is 0 Å². The van der Waals surface area contributed by atoms with Crippen LogP contribution in [0.2, 0.25) is 0 Å². The molecule has 0 amide bonds. The van der Waals surface area contributed by atoms with Crippen molar-refractivity contribution < 1.29 is 8.42 Å². The van der Waals surface area contributed by atoms with Crippen molar-refractivity contribution in [2.75, 3.05) is 13.1 Å². The number of nitrogens with one attached hydrogen (secondary N) is 1. The maximum atomic E-state index is 12.1. The molecule has 1 saturated heterocycles. The monoisotopic (exact) mass is 248 g/mol. The minimum Gasteiger partial charge on any atom is -0.197 e. The third-order valence-corrected chi connectivity index (χ3v) is 4.46. The molecule has 16 heavy (non-hydrogen) atoms. The summed E-state index contributed by atoms with van der Waals surface area (Å²) in [7, 11) is -3.32. The molecule has 0 aromatic rings. The van der Waals surface area contributed by atoms with Gasteiger partial charge >= 0.3 is 0 Å². The summed E-state index contributed by atoms with van der Waals surface area (Å²) in [5.41, 5.74) is -0.414. The molecule has 1 aliphatic rings. The highest BCUT2D eigenvalue weighted by atomic mass is 32.2. The summed E-state index contributed by atoms with van der Waals surface area (Å²) in [6.45, 7) is 11.1. The maximum absolute atomic E-state index is 12.1. The molecule has 1 rings (SSSR count). The summed E-state index contributed by atoms with van der Waals surface area (Å²) < 4.78 is 28.5. The fourth-order valence-electron chi connectivity index (χ4n) is 2.25. The van der Waals surface area contributed by atoms with Gasteiger partial charge in [0.15, 0.2) is 0 Å². The molecular formula is C11H24N2O2S. The van der Waals surface area contributed by atoms with Crippen LogP contribution in [0.1, 0.15) is 41.0 Å². The molecule has 1 aliphatic heterocycles. The van der Waals surface area contributed by atoms with Crippen LogP contribution in [0.5, 0.6) is 0 Å². The largest absolute Gasteiger partial charge is 0.279 e. The van der Waals surface area contributed by atoms with Crippen LogP contribution in [0.4, 0.5) is 0 Å². The summed E-state index contributed by atoms with van der Waals surface area (Å²) in [6.07, 6.45) is 1.11. The third kappa shape index (κ3) is 4.03. The first kappa shape index (κ1) is 13.9. The Hall–Kier alpha value is -0.130. The number of piperidine rings is 1. The van der Waals surface area contributed by atoms with E-state index in [0.29, 0.717) is 24.9 Å². The van der Waals surface area contributed by atoms with Gasteiger partial charge in [0.05, 0.1) is 0 Å². The van der Waals surface area contributed by atoms with E-state index in [1.54, 1.807) is 4.31 Å². The number of hydrogen-bond acceptors (Lipinski definition) is 2. The summed E-state index contributed by atoms with van der Waals surface area (Å²) in [4.78, 5) is 0. The number of nitrogens with zero attached hydrogens (tertiary/aromatic N) is 1. The van der Waals surface area contributed by atoms with Gasteiger partial charge in [0, 0.05) is 18.6 Å². The Kier molecular flexibility index (Phi) is 4.03. The van der Waals surface area contributed by atoms with Crippen molar-refractivity contribution in [1.82, 2.24) is 9.03 Å². The van der Waals surface area contributed by atoms with Gasteiger partial charge in [0.2, 0.25) is 0 Å². The van der Waals surface area contributed by atoms with Crippen molar-refractivity contribution in [2.24, 2.45) is 11.8 Å². The van der Waals surface area contributed by atoms with Gasteiger partial charge in [0.1, 0.15) is 0 Å². The molecule has 0 bridgehead atoms. The van der Waals surface area contributed by atoms with Gasteiger partial charge in [-0.05, 0) is 39.0 Å². The average Bonchev–Trinajstić information content (AvgIpc) is 1.96. The molecule has 96 valence electrons. The predicted molar refractivity (Wildman–Crippen MR) is 66.3 cm³/mol. The van der Waals surface area contributed by atoms with E-state index in [0.717, 1.165) is 6.42 Å². The summed E-state index contributed by atoms with van der Waals surface area (Å²) in [6, 6.07) is 0. The minimum absolute atomic E-state index is 0.414. The van der Waals surface area contributed by atoms with Gasteiger partial charge < -0.3 is 0 Å². The van der Waals surface area contributed by atoms with Gasteiger partial charge in [-0.25, -0.2) is 0 Å². The van der Waals surface area contributed by atoms with Crippen LogP contribution in [0.25, 0.3) is 0 Å². The molecule has 1 N–H and O–H groups in total. The lowest BCUT2D eigenvalue weighted by atomic mass is 9.94. The van der Waals surface area contributed by atoms with E-state index < -0.39 is 15.7 Å². The Morgan fingerprint density at radius 2 is 1.56 bits per heavy atom. The molecule has 0 aromatic carbocycles. The van der Waals surface area contributed by atoms with E-state index in [4.69, 9.17) is 0 Å². The Labute approximate surface area is 99.6 Å². The van der Waals surface area contributed by atoms with Crippen LogP contribution >= 0.6 is 0 Å². The maximum Gasteiger partial charge on any atom is 0.279 e. The topological polar surface area (TPSA) is 49.4 Å². The van der Waals surface area contributed by atoms with E-state index in [1.165, 1.54) is 0 Å². The molecule has 0 radical (unpaired) electrons. The minimum atomic E-state index is -3.32. The van der Waals surface area contributed by atoms with E-state index in [1.807, 2.05) is 20.8 Å². The average molecular weight is 248 g/mol. The molecule has 5 heteroatoms. The van der Waals surface area contributed by atoms with Crippen molar-refractivity contribution in [3.8, 4) is 0 Å². The third-order valence-electron chi connectivity index (χ3n) is 2.61. The zero-order valence-corrected chi connectivity index (χ0v) is 11.8. The zero-order valence-electron chi connectivity index (χ0n) is 10.9. The van der Waals surface area contributed by atoms with Crippen LogP contribution in [0, 0.1) is 11.8 Å². The summed E-state index contributed by atoms with van der Waals surface area (Å²) >= 11 is 0. The molecule has 0 spiro atoms. The fraction of sp³-hybridized carbons (Fsp3) is 1.00. The highest BCUT2D eigenvalue weighted by Gasteiger charge is 2.32. The van der Waals surface area contributed by atoms with Crippen LogP contribution in [0.3, 0.4) is 0 Å². The number of rotatable bonds is 2. The van der Waals surface area contributed by atoms with Crippen molar-refractivity contribution in [3.05, 3.63) is 0 Å². The Morgan fingerprint density at radius 1 is 1.12 bits per heavy atom. The lowest BCUT2D eigenvalue weighted by Gasteiger charge is -2.35. The van der Waals surface area contributed by atoms with Crippen molar-refractivity contribution in [2.45, 2.75) is 46.6 Å². The molecule has 2 unspecified atom stereocenters. The number of hydrogen-bond donors (Lipinski definition) is 1. The molecular weight excluding hydrogens is 224 g/mol. The Balaban J connectivity index is 2.76. The zero-order chi connectivity index (χ0) is 12.6. The Morgan fingerprint density at radius 3 is 1.94 bits per heavy atom. The first-order valence-corrected chi connectivity index (χ1v) is 7.33. The lowest BCUT2D eigenvalue weighted by molar-refractivity contribution is 0.218. The molecule has 2 atom stereocenters. The lowest BCUT2D eigenvalue weighted by Crippen LogP contribution is -2.52. The standard InChI is InChI=1S/C11H24N2O2S/c1-9-6-10(2)8-13(7-9)16(14,15)12-11(3,4)5/h9-10,12H,6-8H2,1-5H3. The second kappa shape index (κ2) is 4.63. The molecule has 0 aliphatic carbocycles. The molecule has 0 saturated carbocycles. The van der Waals surface area contributed by atoms with Gasteiger partial charge in [-0.1, -0.05) is 13.8 Å². The molecule has 1 fully saturated rings. The van der Waals surface area contributed by atoms with Crippen molar-refractivity contribution in [3.63, 3.8) is 0 Å².